The van der Waals surface area contributed by atoms with Crippen LogP contribution < -0.4 is 5.32 Å². The summed E-state index contributed by atoms with van der Waals surface area (Å²) >= 11 is 1.56. The van der Waals surface area contributed by atoms with E-state index < -0.39 is 6.10 Å². The average molecular weight is 280 g/mol. The summed E-state index contributed by atoms with van der Waals surface area (Å²) in [6, 6.07) is 5.01. The number of nitrogens with zero attached hydrogens (tertiary/aromatic N) is 1. The molecule has 2 aromatic heterocycles. The topological polar surface area (TPSA) is 45.1 Å². The molecule has 2 rings (SSSR count). The summed E-state index contributed by atoms with van der Waals surface area (Å²) in [7, 11) is 0. The van der Waals surface area contributed by atoms with Crippen molar-refractivity contribution in [2.24, 2.45) is 0 Å². The number of hydrogen-bond acceptors (Lipinski definition) is 4. The number of aromatic nitrogens is 1. The van der Waals surface area contributed by atoms with Gasteiger partial charge in [0, 0.05) is 12.6 Å². The number of halogens is 1. The fraction of sp³-hybridized carbons (Fsp3) is 0.357. The molecule has 0 saturated carbocycles. The fourth-order valence-electron chi connectivity index (χ4n) is 1.89. The van der Waals surface area contributed by atoms with Gasteiger partial charge in [0.05, 0.1) is 18.0 Å². The molecule has 2 aromatic rings. The third kappa shape index (κ3) is 3.83. The van der Waals surface area contributed by atoms with E-state index in [-0.39, 0.29) is 11.9 Å². The van der Waals surface area contributed by atoms with Crippen LogP contribution in [0.2, 0.25) is 0 Å². The van der Waals surface area contributed by atoms with Gasteiger partial charge in [-0.3, -0.25) is 4.98 Å². The van der Waals surface area contributed by atoms with Crippen molar-refractivity contribution in [1.29, 1.82) is 0 Å². The standard InChI is InChI=1S/C14H17FN2OS/c1-2-12(13-4-3-11(15)7-16-13)17-8-14(18)10-5-6-19-9-10/h3-7,9,12,14,17-18H,2,8H2,1H3. The predicted molar refractivity (Wildman–Crippen MR) is 74.5 cm³/mol. The highest BCUT2D eigenvalue weighted by molar-refractivity contribution is 7.07. The molecule has 2 atom stereocenters. The molecule has 0 aliphatic carbocycles. The van der Waals surface area contributed by atoms with Crippen molar-refractivity contribution in [3.63, 3.8) is 0 Å². The van der Waals surface area contributed by atoms with Crippen LogP contribution in [0.1, 0.15) is 36.7 Å². The maximum absolute atomic E-state index is 12.8. The molecule has 19 heavy (non-hydrogen) atoms. The number of rotatable bonds is 6. The van der Waals surface area contributed by atoms with E-state index in [1.807, 2.05) is 23.8 Å². The zero-order chi connectivity index (χ0) is 13.7. The summed E-state index contributed by atoms with van der Waals surface area (Å²) in [6.07, 6.45) is 1.52. The van der Waals surface area contributed by atoms with E-state index in [9.17, 15) is 9.50 Å². The van der Waals surface area contributed by atoms with E-state index in [1.54, 1.807) is 17.4 Å². The van der Waals surface area contributed by atoms with Gasteiger partial charge in [0.1, 0.15) is 5.82 Å². The molecule has 0 amide bonds. The van der Waals surface area contributed by atoms with Crippen LogP contribution in [0.4, 0.5) is 4.39 Å². The molecule has 2 N–H and O–H groups in total. The second-order valence-electron chi connectivity index (χ2n) is 4.34. The van der Waals surface area contributed by atoms with Crippen LogP contribution in [-0.2, 0) is 0 Å². The molecule has 102 valence electrons. The van der Waals surface area contributed by atoms with Crippen molar-refractivity contribution in [3.8, 4) is 0 Å². The number of nitrogens with one attached hydrogen (secondary N) is 1. The maximum atomic E-state index is 12.8. The molecular formula is C14H17FN2OS. The summed E-state index contributed by atoms with van der Waals surface area (Å²) in [4.78, 5) is 4.07. The molecule has 0 saturated heterocycles. The number of aliphatic hydroxyl groups is 1. The van der Waals surface area contributed by atoms with E-state index in [4.69, 9.17) is 0 Å². The van der Waals surface area contributed by atoms with Crippen LogP contribution in [0, 0.1) is 5.82 Å². The molecule has 0 aliphatic rings. The zero-order valence-electron chi connectivity index (χ0n) is 10.7. The third-order valence-electron chi connectivity index (χ3n) is 3.00. The van der Waals surface area contributed by atoms with Crippen molar-refractivity contribution < 1.29 is 9.50 Å². The van der Waals surface area contributed by atoms with Crippen LogP contribution in [0.15, 0.2) is 35.2 Å². The quantitative estimate of drug-likeness (QED) is 0.855. The lowest BCUT2D eigenvalue weighted by atomic mass is 10.1. The van der Waals surface area contributed by atoms with E-state index in [1.165, 1.54) is 12.3 Å². The molecular weight excluding hydrogens is 263 g/mol. The second kappa shape index (κ2) is 6.75. The number of pyridine rings is 1. The highest BCUT2D eigenvalue weighted by Gasteiger charge is 2.14. The van der Waals surface area contributed by atoms with Gasteiger partial charge in [-0.05, 0) is 40.9 Å². The van der Waals surface area contributed by atoms with Crippen molar-refractivity contribution in [2.75, 3.05) is 6.54 Å². The third-order valence-corrected chi connectivity index (χ3v) is 3.70. The maximum Gasteiger partial charge on any atom is 0.141 e. The van der Waals surface area contributed by atoms with Crippen LogP contribution in [0.3, 0.4) is 0 Å². The summed E-state index contributed by atoms with van der Waals surface area (Å²) in [5, 5.41) is 17.1. The first-order valence-corrected chi connectivity index (χ1v) is 7.20. The Morgan fingerprint density at radius 2 is 2.26 bits per heavy atom. The zero-order valence-corrected chi connectivity index (χ0v) is 11.5. The van der Waals surface area contributed by atoms with Gasteiger partial charge in [0.2, 0.25) is 0 Å². The predicted octanol–water partition coefficient (Wildman–Crippen LogP) is 3.06. The smallest absolute Gasteiger partial charge is 0.141 e. The molecule has 0 spiro atoms. The van der Waals surface area contributed by atoms with Gasteiger partial charge >= 0.3 is 0 Å². The lowest BCUT2D eigenvalue weighted by Gasteiger charge is -2.18. The number of hydrogen-bond donors (Lipinski definition) is 2. The van der Waals surface area contributed by atoms with Crippen molar-refractivity contribution in [1.82, 2.24) is 10.3 Å². The first-order valence-electron chi connectivity index (χ1n) is 6.25. The molecule has 3 nitrogen and oxygen atoms in total. The van der Waals surface area contributed by atoms with Gasteiger partial charge in [-0.25, -0.2) is 4.39 Å². The van der Waals surface area contributed by atoms with Gasteiger partial charge < -0.3 is 10.4 Å². The first kappa shape index (κ1) is 14.1. The lowest BCUT2D eigenvalue weighted by molar-refractivity contribution is 0.169. The Morgan fingerprint density at radius 3 is 2.84 bits per heavy atom. The molecule has 0 aromatic carbocycles. The Morgan fingerprint density at radius 1 is 1.42 bits per heavy atom. The molecule has 0 aliphatic heterocycles. The molecule has 5 heteroatoms. The lowest BCUT2D eigenvalue weighted by Crippen LogP contribution is -2.26. The number of thiophene rings is 1. The molecule has 2 heterocycles. The van der Waals surface area contributed by atoms with E-state index in [2.05, 4.69) is 10.3 Å². The Bertz CT molecular complexity index is 487. The van der Waals surface area contributed by atoms with Crippen LogP contribution in [0.25, 0.3) is 0 Å². The molecule has 0 radical (unpaired) electrons. The Hall–Kier alpha value is -1.30. The van der Waals surface area contributed by atoms with Gasteiger partial charge in [0.25, 0.3) is 0 Å². The summed E-state index contributed by atoms with van der Waals surface area (Å²) in [5.74, 6) is -0.336. The minimum atomic E-state index is -0.527. The summed E-state index contributed by atoms with van der Waals surface area (Å²) < 4.78 is 12.8. The van der Waals surface area contributed by atoms with Crippen molar-refractivity contribution in [3.05, 3.63) is 52.2 Å². The van der Waals surface area contributed by atoms with Crippen molar-refractivity contribution in [2.45, 2.75) is 25.5 Å². The Balaban J connectivity index is 1.94. The Labute approximate surface area is 116 Å². The molecule has 2 unspecified atom stereocenters. The van der Waals surface area contributed by atoms with Gasteiger partial charge in [-0.1, -0.05) is 6.92 Å². The minimum Gasteiger partial charge on any atom is -0.387 e. The van der Waals surface area contributed by atoms with Crippen LogP contribution in [0.5, 0.6) is 0 Å². The van der Waals surface area contributed by atoms with Gasteiger partial charge in [0.15, 0.2) is 0 Å². The van der Waals surface area contributed by atoms with Crippen LogP contribution in [-0.4, -0.2) is 16.6 Å². The van der Waals surface area contributed by atoms with Crippen LogP contribution >= 0.6 is 11.3 Å². The Kier molecular flexibility index (Phi) is 5.01. The van der Waals surface area contributed by atoms with E-state index in [0.29, 0.717) is 6.54 Å². The second-order valence-corrected chi connectivity index (χ2v) is 5.12. The molecule has 0 fully saturated rings. The average Bonchev–Trinajstić information content (AvgIpc) is 2.95. The monoisotopic (exact) mass is 280 g/mol. The summed E-state index contributed by atoms with van der Waals surface area (Å²) in [5.41, 5.74) is 1.71. The normalized spacial score (nSPS) is 14.3. The summed E-state index contributed by atoms with van der Waals surface area (Å²) in [6.45, 7) is 2.48. The van der Waals surface area contributed by atoms with E-state index in [0.717, 1.165) is 17.7 Å². The highest BCUT2D eigenvalue weighted by atomic mass is 32.1. The number of aliphatic hydroxyl groups excluding tert-OH is 1. The minimum absolute atomic E-state index is 0.0221. The van der Waals surface area contributed by atoms with E-state index >= 15 is 0 Å². The SMILES string of the molecule is CCC(NCC(O)c1ccsc1)c1ccc(F)cn1. The molecule has 0 bridgehead atoms. The van der Waals surface area contributed by atoms with Crippen molar-refractivity contribution >= 4 is 11.3 Å². The fourth-order valence-corrected chi connectivity index (χ4v) is 2.59. The first-order chi connectivity index (χ1) is 9.20. The van der Waals surface area contributed by atoms with Gasteiger partial charge in [-0.2, -0.15) is 11.3 Å². The highest BCUT2D eigenvalue weighted by Crippen LogP contribution is 2.18. The van der Waals surface area contributed by atoms with Gasteiger partial charge in [-0.15, -0.1) is 0 Å². The largest absolute Gasteiger partial charge is 0.387 e.